The largest absolute Gasteiger partial charge is 0.389 e. The Morgan fingerprint density at radius 1 is 1.20 bits per heavy atom. The van der Waals surface area contributed by atoms with Crippen LogP contribution < -0.4 is 5.32 Å². The van der Waals surface area contributed by atoms with Gasteiger partial charge in [-0.2, -0.15) is 0 Å². The minimum absolute atomic E-state index is 0.228. The summed E-state index contributed by atoms with van der Waals surface area (Å²) in [5.41, 5.74) is 0.595. The molecule has 1 heterocycles. The second kappa shape index (κ2) is 7.42. The van der Waals surface area contributed by atoms with Crippen molar-refractivity contribution >= 4 is 23.3 Å². The lowest BCUT2D eigenvalue weighted by atomic mass is 9.85. The molecule has 0 saturated carbocycles. The Hall–Kier alpha value is -2.11. The summed E-state index contributed by atoms with van der Waals surface area (Å²) in [6.45, 7) is 0.885. The van der Waals surface area contributed by atoms with E-state index in [1.165, 1.54) is 18.2 Å². The van der Waals surface area contributed by atoms with Gasteiger partial charge in [0, 0.05) is 30.2 Å². The van der Waals surface area contributed by atoms with Crippen molar-refractivity contribution in [2.75, 3.05) is 18.4 Å². The quantitative estimate of drug-likeness (QED) is 0.864. The van der Waals surface area contributed by atoms with Crippen LogP contribution in [0.15, 0.2) is 48.5 Å². The highest BCUT2D eigenvalue weighted by Crippen LogP contribution is 2.27. The van der Waals surface area contributed by atoms with E-state index in [1.54, 1.807) is 4.90 Å². The van der Waals surface area contributed by atoms with Gasteiger partial charge >= 0.3 is 6.03 Å². The van der Waals surface area contributed by atoms with E-state index in [4.69, 9.17) is 11.6 Å². The van der Waals surface area contributed by atoms with Crippen molar-refractivity contribution in [1.29, 1.82) is 0 Å². The Balaban J connectivity index is 1.57. The number of hydrogen-bond acceptors (Lipinski definition) is 2. The number of halogens is 2. The van der Waals surface area contributed by atoms with E-state index in [1.807, 2.05) is 30.3 Å². The number of anilines is 1. The Morgan fingerprint density at radius 2 is 1.88 bits per heavy atom. The average Bonchev–Trinajstić information content (AvgIpc) is 2.55. The van der Waals surface area contributed by atoms with Gasteiger partial charge in [-0.05, 0) is 36.6 Å². The number of nitrogens with one attached hydrogen (secondary N) is 1. The Kier molecular flexibility index (Phi) is 5.25. The number of hydrogen-bond donors (Lipinski definition) is 2. The molecule has 1 fully saturated rings. The lowest BCUT2D eigenvalue weighted by Crippen LogP contribution is -2.49. The van der Waals surface area contributed by atoms with E-state index in [-0.39, 0.29) is 11.1 Å². The molecule has 2 amide bonds. The molecule has 4 nitrogen and oxygen atoms in total. The normalized spacial score (nSPS) is 16.5. The number of amides is 2. The fourth-order valence-corrected chi connectivity index (χ4v) is 3.33. The molecule has 1 aliphatic rings. The Morgan fingerprint density at radius 3 is 2.52 bits per heavy atom. The van der Waals surface area contributed by atoms with E-state index in [9.17, 15) is 14.3 Å². The number of carbonyl (C=O) groups is 1. The minimum Gasteiger partial charge on any atom is -0.389 e. The molecule has 3 rings (SSSR count). The lowest BCUT2D eigenvalue weighted by Gasteiger charge is -2.38. The van der Waals surface area contributed by atoms with Crippen LogP contribution >= 0.6 is 11.6 Å². The molecule has 2 aromatic rings. The highest BCUT2D eigenvalue weighted by Gasteiger charge is 2.34. The first-order valence-electron chi connectivity index (χ1n) is 8.22. The topological polar surface area (TPSA) is 52.6 Å². The SMILES string of the molecule is O=C(Nc1cc(F)cc(Cl)c1)N1CCC(O)(Cc2ccccc2)CC1. The molecule has 0 spiro atoms. The number of likely N-dealkylation sites (tertiary alicyclic amines) is 1. The third-order valence-electron chi connectivity index (χ3n) is 4.47. The van der Waals surface area contributed by atoms with Gasteiger partial charge in [0.05, 0.1) is 5.60 Å². The highest BCUT2D eigenvalue weighted by molar-refractivity contribution is 6.30. The summed E-state index contributed by atoms with van der Waals surface area (Å²) in [4.78, 5) is 14.0. The van der Waals surface area contributed by atoms with Crippen molar-refractivity contribution in [1.82, 2.24) is 4.90 Å². The van der Waals surface area contributed by atoms with E-state index in [2.05, 4.69) is 5.32 Å². The minimum atomic E-state index is -0.805. The molecule has 2 N–H and O–H groups in total. The number of rotatable bonds is 3. The fraction of sp³-hybridized carbons (Fsp3) is 0.316. The van der Waals surface area contributed by atoms with Crippen LogP contribution in [0.5, 0.6) is 0 Å². The molecule has 0 radical (unpaired) electrons. The zero-order valence-corrected chi connectivity index (χ0v) is 14.5. The molecular formula is C19H20ClFN2O2. The summed E-state index contributed by atoms with van der Waals surface area (Å²) in [5.74, 6) is -0.501. The van der Waals surface area contributed by atoms with Gasteiger partial charge in [0.1, 0.15) is 5.82 Å². The molecule has 25 heavy (non-hydrogen) atoms. The van der Waals surface area contributed by atoms with Crippen LogP contribution in [-0.4, -0.2) is 34.7 Å². The van der Waals surface area contributed by atoms with Gasteiger partial charge in [-0.15, -0.1) is 0 Å². The van der Waals surface area contributed by atoms with E-state index < -0.39 is 11.4 Å². The molecular weight excluding hydrogens is 343 g/mol. The maximum absolute atomic E-state index is 13.3. The number of aliphatic hydroxyl groups is 1. The molecule has 0 unspecified atom stereocenters. The van der Waals surface area contributed by atoms with Gasteiger partial charge in [0.25, 0.3) is 0 Å². The summed E-state index contributed by atoms with van der Waals surface area (Å²) < 4.78 is 13.3. The van der Waals surface area contributed by atoms with Crippen molar-refractivity contribution < 1.29 is 14.3 Å². The van der Waals surface area contributed by atoms with Gasteiger partial charge in [-0.1, -0.05) is 41.9 Å². The predicted molar refractivity (Wildman–Crippen MR) is 96.3 cm³/mol. The van der Waals surface area contributed by atoms with E-state index in [0.29, 0.717) is 38.0 Å². The lowest BCUT2D eigenvalue weighted by molar-refractivity contribution is -0.0104. The number of urea groups is 1. The zero-order chi connectivity index (χ0) is 17.9. The molecule has 2 aromatic carbocycles. The number of carbonyl (C=O) groups excluding carboxylic acids is 1. The van der Waals surface area contributed by atoms with Gasteiger partial charge in [-0.25, -0.2) is 9.18 Å². The van der Waals surface area contributed by atoms with Crippen molar-refractivity contribution in [2.24, 2.45) is 0 Å². The standard InChI is InChI=1S/C19H20ClFN2O2/c20-15-10-16(21)12-17(11-15)22-18(24)23-8-6-19(25,7-9-23)13-14-4-2-1-3-5-14/h1-5,10-12,25H,6-9,13H2,(H,22,24). The highest BCUT2D eigenvalue weighted by atomic mass is 35.5. The first kappa shape index (κ1) is 17.7. The van der Waals surface area contributed by atoms with Crippen molar-refractivity contribution in [3.63, 3.8) is 0 Å². The van der Waals surface area contributed by atoms with Crippen LogP contribution in [-0.2, 0) is 6.42 Å². The smallest absolute Gasteiger partial charge is 0.321 e. The fourth-order valence-electron chi connectivity index (χ4n) is 3.11. The third-order valence-corrected chi connectivity index (χ3v) is 4.69. The second-order valence-corrected chi connectivity index (χ2v) is 6.90. The molecule has 1 aliphatic heterocycles. The summed E-state index contributed by atoms with van der Waals surface area (Å²) >= 11 is 5.80. The summed E-state index contributed by atoms with van der Waals surface area (Å²) in [6, 6.07) is 13.4. The Bertz CT molecular complexity index is 726. The summed E-state index contributed by atoms with van der Waals surface area (Å²) in [5, 5.41) is 13.6. The first-order valence-corrected chi connectivity index (χ1v) is 8.60. The number of nitrogens with zero attached hydrogens (tertiary/aromatic N) is 1. The van der Waals surface area contributed by atoms with E-state index >= 15 is 0 Å². The number of piperidine rings is 1. The van der Waals surface area contributed by atoms with Crippen molar-refractivity contribution in [3.8, 4) is 0 Å². The summed E-state index contributed by atoms with van der Waals surface area (Å²) in [7, 11) is 0. The van der Waals surface area contributed by atoms with Crippen LogP contribution in [0.4, 0.5) is 14.9 Å². The van der Waals surface area contributed by atoms with Crippen LogP contribution in [0.3, 0.4) is 0 Å². The molecule has 1 saturated heterocycles. The second-order valence-electron chi connectivity index (χ2n) is 6.46. The van der Waals surface area contributed by atoms with Gasteiger partial charge in [0.2, 0.25) is 0 Å². The zero-order valence-electron chi connectivity index (χ0n) is 13.7. The van der Waals surface area contributed by atoms with Crippen LogP contribution in [0.1, 0.15) is 18.4 Å². The Labute approximate surface area is 151 Å². The first-order chi connectivity index (χ1) is 11.9. The third kappa shape index (κ3) is 4.71. The maximum Gasteiger partial charge on any atom is 0.321 e. The van der Waals surface area contributed by atoms with Gasteiger partial charge < -0.3 is 15.3 Å². The molecule has 0 aliphatic carbocycles. The van der Waals surface area contributed by atoms with E-state index in [0.717, 1.165) is 5.56 Å². The van der Waals surface area contributed by atoms with Crippen molar-refractivity contribution in [2.45, 2.75) is 24.9 Å². The molecule has 6 heteroatoms. The molecule has 132 valence electrons. The molecule has 0 aromatic heterocycles. The van der Waals surface area contributed by atoms with Crippen LogP contribution in [0.2, 0.25) is 5.02 Å². The molecule has 0 atom stereocenters. The van der Waals surface area contributed by atoms with Crippen LogP contribution in [0.25, 0.3) is 0 Å². The predicted octanol–water partition coefficient (Wildman–Crippen LogP) is 4.08. The summed E-state index contributed by atoms with van der Waals surface area (Å²) in [6.07, 6.45) is 1.57. The van der Waals surface area contributed by atoms with Gasteiger partial charge in [-0.3, -0.25) is 0 Å². The van der Waals surface area contributed by atoms with Crippen molar-refractivity contribution in [3.05, 3.63) is 64.9 Å². The maximum atomic E-state index is 13.3. The van der Waals surface area contributed by atoms with Gasteiger partial charge in [0.15, 0.2) is 0 Å². The molecule has 0 bridgehead atoms. The number of benzene rings is 2. The average molecular weight is 363 g/mol. The monoisotopic (exact) mass is 362 g/mol. The van der Waals surface area contributed by atoms with Crippen LogP contribution in [0, 0.1) is 5.82 Å².